The fourth-order valence-electron chi connectivity index (χ4n) is 2.11. The van der Waals surface area contributed by atoms with Gasteiger partial charge >= 0.3 is 0 Å². The SMILES string of the molecule is NCC1CCCN1C(=O)c1ccc(Br)cc1. The number of hydrogen-bond acceptors (Lipinski definition) is 2. The fraction of sp³-hybridized carbons (Fsp3) is 0.417. The van der Waals surface area contributed by atoms with Gasteiger partial charge in [-0.25, -0.2) is 0 Å². The second-order valence-corrected chi connectivity index (χ2v) is 4.95. The van der Waals surface area contributed by atoms with Gasteiger partial charge in [-0.2, -0.15) is 0 Å². The minimum Gasteiger partial charge on any atom is -0.334 e. The molecule has 0 saturated carbocycles. The van der Waals surface area contributed by atoms with Crippen molar-refractivity contribution in [3.8, 4) is 0 Å². The molecule has 1 amide bonds. The first-order valence-electron chi connectivity index (χ1n) is 5.49. The largest absolute Gasteiger partial charge is 0.334 e. The Balaban J connectivity index is 2.15. The maximum atomic E-state index is 12.2. The van der Waals surface area contributed by atoms with Gasteiger partial charge < -0.3 is 10.6 Å². The van der Waals surface area contributed by atoms with Gasteiger partial charge in [0.1, 0.15) is 0 Å². The number of nitrogens with two attached hydrogens (primary N) is 1. The van der Waals surface area contributed by atoms with Crippen molar-refractivity contribution in [2.45, 2.75) is 18.9 Å². The van der Waals surface area contributed by atoms with Crippen LogP contribution in [-0.2, 0) is 0 Å². The number of halogens is 1. The van der Waals surface area contributed by atoms with Crippen molar-refractivity contribution >= 4 is 21.8 Å². The molecule has 1 aromatic carbocycles. The van der Waals surface area contributed by atoms with Gasteiger partial charge in [0.15, 0.2) is 0 Å². The molecule has 1 heterocycles. The van der Waals surface area contributed by atoms with Gasteiger partial charge in [0, 0.05) is 29.2 Å². The lowest BCUT2D eigenvalue weighted by Gasteiger charge is -2.23. The smallest absolute Gasteiger partial charge is 0.254 e. The minimum atomic E-state index is 0.0976. The highest BCUT2D eigenvalue weighted by Gasteiger charge is 2.27. The van der Waals surface area contributed by atoms with Gasteiger partial charge in [-0.1, -0.05) is 15.9 Å². The summed E-state index contributed by atoms with van der Waals surface area (Å²) in [6.45, 7) is 1.39. The van der Waals surface area contributed by atoms with Crippen LogP contribution in [0.4, 0.5) is 0 Å². The number of amides is 1. The molecule has 3 nitrogen and oxygen atoms in total. The minimum absolute atomic E-state index is 0.0976. The van der Waals surface area contributed by atoms with Crippen molar-refractivity contribution in [2.24, 2.45) is 5.73 Å². The van der Waals surface area contributed by atoms with Crippen molar-refractivity contribution in [3.05, 3.63) is 34.3 Å². The lowest BCUT2D eigenvalue weighted by Crippen LogP contribution is -2.39. The molecule has 2 rings (SSSR count). The number of carbonyl (C=O) groups excluding carboxylic acids is 1. The van der Waals surface area contributed by atoms with Gasteiger partial charge in [0.05, 0.1) is 0 Å². The van der Waals surface area contributed by atoms with E-state index in [1.807, 2.05) is 29.2 Å². The molecule has 1 aliphatic heterocycles. The van der Waals surface area contributed by atoms with Gasteiger partial charge in [-0.15, -0.1) is 0 Å². The molecule has 1 unspecified atom stereocenters. The van der Waals surface area contributed by atoms with Crippen LogP contribution in [0.2, 0.25) is 0 Å². The number of nitrogens with zero attached hydrogens (tertiary/aromatic N) is 1. The number of rotatable bonds is 2. The number of carbonyl (C=O) groups is 1. The summed E-state index contributed by atoms with van der Waals surface area (Å²) in [5.74, 6) is 0.0976. The summed E-state index contributed by atoms with van der Waals surface area (Å²) in [5.41, 5.74) is 6.40. The molecule has 1 atom stereocenters. The molecule has 0 radical (unpaired) electrons. The molecule has 16 heavy (non-hydrogen) atoms. The van der Waals surface area contributed by atoms with Crippen LogP contribution < -0.4 is 5.73 Å². The topological polar surface area (TPSA) is 46.3 Å². The highest BCUT2D eigenvalue weighted by molar-refractivity contribution is 9.10. The molecule has 1 fully saturated rings. The van der Waals surface area contributed by atoms with Gasteiger partial charge in [-0.05, 0) is 37.1 Å². The Kier molecular flexibility index (Phi) is 3.61. The van der Waals surface area contributed by atoms with Crippen LogP contribution in [0.1, 0.15) is 23.2 Å². The lowest BCUT2D eigenvalue weighted by molar-refractivity contribution is 0.0741. The van der Waals surface area contributed by atoms with Crippen molar-refractivity contribution in [1.29, 1.82) is 0 Å². The van der Waals surface area contributed by atoms with E-state index in [4.69, 9.17) is 5.73 Å². The van der Waals surface area contributed by atoms with E-state index in [9.17, 15) is 4.79 Å². The van der Waals surface area contributed by atoms with Gasteiger partial charge in [-0.3, -0.25) is 4.79 Å². The zero-order valence-electron chi connectivity index (χ0n) is 9.03. The van der Waals surface area contributed by atoms with Crippen LogP contribution in [-0.4, -0.2) is 29.9 Å². The average molecular weight is 283 g/mol. The van der Waals surface area contributed by atoms with Crippen LogP contribution in [0.5, 0.6) is 0 Å². The first-order chi connectivity index (χ1) is 7.72. The second-order valence-electron chi connectivity index (χ2n) is 4.04. The Morgan fingerprint density at radius 1 is 1.44 bits per heavy atom. The maximum absolute atomic E-state index is 12.2. The summed E-state index contributed by atoms with van der Waals surface area (Å²) in [6.07, 6.45) is 2.09. The summed E-state index contributed by atoms with van der Waals surface area (Å²) in [6, 6.07) is 7.69. The molecule has 4 heteroatoms. The van der Waals surface area contributed by atoms with Crippen molar-refractivity contribution in [2.75, 3.05) is 13.1 Å². The standard InChI is InChI=1S/C12H15BrN2O/c13-10-5-3-9(4-6-10)12(16)15-7-1-2-11(15)8-14/h3-6,11H,1-2,7-8,14H2. The first-order valence-corrected chi connectivity index (χ1v) is 6.28. The first kappa shape index (κ1) is 11.6. The van der Waals surface area contributed by atoms with Gasteiger partial charge in [0.2, 0.25) is 0 Å². The third-order valence-corrected chi connectivity index (χ3v) is 3.53. The van der Waals surface area contributed by atoms with Crippen molar-refractivity contribution in [3.63, 3.8) is 0 Å². The third kappa shape index (κ3) is 2.28. The normalized spacial score (nSPS) is 20.1. The lowest BCUT2D eigenvalue weighted by atomic mass is 10.1. The van der Waals surface area contributed by atoms with Crippen LogP contribution in [0.15, 0.2) is 28.7 Å². The van der Waals surface area contributed by atoms with E-state index < -0.39 is 0 Å². The highest BCUT2D eigenvalue weighted by Crippen LogP contribution is 2.20. The highest BCUT2D eigenvalue weighted by atomic mass is 79.9. The third-order valence-electron chi connectivity index (χ3n) is 3.00. The number of benzene rings is 1. The molecule has 2 N–H and O–H groups in total. The molecule has 1 saturated heterocycles. The molecule has 1 aliphatic rings. The molecule has 86 valence electrons. The van der Waals surface area contributed by atoms with E-state index in [1.54, 1.807) is 0 Å². The molecule has 0 aromatic heterocycles. The van der Waals surface area contributed by atoms with Crippen LogP contribution >= 0.6 is 15.9 Å². The summed E-state index contributed by atoms with van der Waals surface area (Å²) >= 11 is 3.36. The maximum Gasteiger partial charge on any atom is 0.254 e. The average Bonchev–Trinajstić information content (AvgIpc) is 2.77. The quantitative estimate of drug-likeness (QED) is 0.902. The van der Waals surface area contributed by atoms with Crippen LogP contribution in [0.25, 0.3) is 0 Å². The van der Waals surface area contributed by atoms with E-state index in [0.29, 0.717) is 6.54 Å². The predicted molar refractivity (Wildman–Crippen MR) is 67.3 cm³/mol. The molecular weight excluding hydrogens is 268 g/mol. The fourth-order valence-corrected chi connectivity index (χ4v) is 2.37. The molecule has 0 spiro atoms. The Labute approximate surface area is 104 Å². The number of likely N-dealkylation sites (tertiary alicyclic amines) is 1. The summed E-state index contributed by atoms with van der Waals surface area (Å²) in [4.78, 5) is 14.1. The summed E-state index contributed by atoms with van der Waals surface area (Å²) < 4.78 is 0.987. The Morgan fingerprint density at radius 2 is 2.12 bits per heavy atom. The van der Waals surface area contributed by atoms with E-state index >= 15 is 0 Å². The predicted octanol–water partition coefficient (Wildman–Crippen LogP) is 2.01. The monoisotopic (exact) mass is 282 g/mol. The van der Waals surface area contributed by atoms with E-state index in [-0.39, 0.29) is 11.9 Å². The van der Waals surface area contributed by atoms with Crippen LogP contribution in [0, 0.1) is 0 Å². The van der Waals surface area contributed by atoms with E-state index in [2.05, 4.69) is 15.9 Å². The van der Waals surface area contributed by atoms with Crippen molar-refractivity contribution in [1.82, 2.24) is 4.90 Å². The molecule has 0 aliphatic carbocycles. The Hall–Kier alpha value is -0.870. The summed E-state index contributed by atoms with van der Waals surface area (Å²) in [5, 5.41) is 0. The second kappa shape index (κ2) is 4.97. The molecule has 1 aromatic rings. The molecule has 0 bridgehead atoms. The Morgan fingerprint density at radius 3 is 2.75 bits per heavy atom. The van der Waals surface area contributed by atoms with E-state index in [0.717, 1.165) is 29.4 Å². The number of hydrogen-bond donors (Lipinski definition) is 1. The van der Waals surface area contributed by atoms with Crippen molar-refractivity contribution < 1.29 is 4.79 Å². The zero-order chi connectivity index (χ0) is 11.5. The van der Waals surface area contributed by atoms with Gasteiger partial charge in [0.25, 0.3) is 5.91 Å². The molecular formula is C12H15BrN2O. The zero-order valence-corrected chi connectivity index (χ0v) is 10.6. The van der Waals surface area contributed by atoms with E-state index in [1.165, 1.54) is 0 Å². The summed E-state index contributed by atoms with van der Waals surface area (Å²) in [7, 11) is 0. The Bertz CT molecular complexity index is 377. The van der Waals surface area contributed by atoms with Crippen LogP contribution in [0.3, 0.4) is 0 Å².